The van der Waals surface area contributed by atoms with Crippen LogP contribution in [0.1, 0.15) is 0 Å². The minimum atomic E-state index is -0.191. The minimum Gasteiger partial charge on any atom is -0.200 e. The van der Waals surface area contributed by atoms with Crippen molar-refractivity contribution in [2.75, 3.05) is 0 Å². The Morgan fingerprint density at radius 1 is 0.933 bits per heavy atom. The van der Waals surface area contributed by atoms with Gasteiger partial charge in [-0.3, -0.25) is 0 Å². The average Bonchev–Trinajstić information content (AvgIpc) is 2.27. The van der Waals surface area contributed by atoms with E-state index in [0.717, 1.165) is 10.8 Å². The lowest BCUT2D eigenvalue weighted by atomic mass is 10.1. The summed E-state index contributed by atoms with van der Waals surface area (Å²) >= 11 is 0. The number of hydrogen-bond donors (Lipinski definition) is 0. The van der Waals surface area contributed by atoms with Gasteiger partial charge in [-0.15, -0.1) is 0 Å². The van der Waals surface area contributed by atoms with Crippen LogP contribution >= 0.6 is 0 Å². The van der Waals surface area contributed by atoms with Crippen LogP contribution in [0.25, 0.3) is 16.3 Å². The zero-order chi connectivity index (χ0) is 10.3. The fraction of sp³-hybridized carbons (Fsp3) is 0. The van der Waals surface area contributed by atoms with Crippen LogP contribution in [0.4, 0.5) is 4.39 Å². The van der Waals surface area contributed by atoms with Gasteiger partial charge in [0.1, 0.15) is 0 Å². The van der Waals surface area contributed by atoms with Gasteiger partial charge in [0.2, 0.25) is 5.52 Å². The second kappa shape index (κ2) is 3.02. The lowest BCUT2D eigenvalue weighted by molar-refractivity contribution is -0.511. The first-order valence-corrected chi connectivity index (χ1v) is 4.83. The zero-order valence-electron chi connectivity index (χ0n) is 8.02. The molecule has 1 aromatic carbocycles. The van der Waals surface area contributed by atoms with E-state index < -0.39 is 0 Å². The number of hydrogen-bond acceptors (Lipinski definition) is 0. The molecule has 72 valence electrons. The van der Waals surface area contributed by atoms with Crippen molar-refractivity contribution in [2.45, 2.75) is 0 Å². The molecule has 15 heavy (non-hydrogen) atoms. The maximum absolute atomic E-state index is 13.5. The molecule has 0 aliphatic heterocycles. The van der Waals surface area contributed by atoms with Crippen molar-refractivity contribution in [2.24, 2.45) is 0 Å². The third-order valence-corrected chi connectivity index (χ3v) is 2.58. The predicted molar refractivity (Wildman–Crippen MR) is 57.1 cm³/mol. The lowest BCUT2D eigenvalue weighted by Crippen LogP contribution is -2.21. The molecular weight excluding hydrogens is 189 g/mol. The molecule has 0 radical (unpaired) electrons. The Kier molecular flexibility index (Phi) is 1.68. The van der Waals surface area contributed by atoms with E-state index in [9.17, 15) is 4.39 Å². The number of aromatic nitrogens is 1. The largest absolute Gasteiger partial charge is 0.247 e. The van der Waals surface area contributed by atoms with Crippen LogP contribution in [-0.2, 0) is 0 Å². The van der Waals surface area contributed by atoms with Gasteiger partial charge in [0.05, 0.1) is 0 Å². The fourth-order valence-corrected chi connectivity index (χ4v) is 1.82. The van der Waals surface area contributed by atoms with E-state index in [1.807, 2.05) is 42.7 Å². The van der Waals surface area contributed by atoms with Crippen molar-refractivity contribution >= 4 is 16.3 Å². The minimum absolute atomic E-state index is 0.191. The molecule has 0 aliphatic carbocycles. The smallest absolute Gasteiger partial charge is 0.200 e. The molecule has 2 aromatic heterocycles. The summed E-state index contributed by atoms with van der Waals surface area (Å²) in [7, 11) is 0. The molecule has 0 N–H and O–H groups in total. The van der Waals surface area contributed by atoms with E-state index >= 15 is 0 Å². The Labute approximate surface area is 86.4 Å². The molecule has 2 heterocycles. The van der Waals surface area contributed by atoms with Gasteiger partial charge in [-0.1, -0.05) is 18.2 Å². The molecule has 0 bridgehead atoms. The summed E-state index contributed by atoms with van der Waals surface area (Å²) in [5.41, 5.74) is 0.608. The van der Waals surface area contributed by atoms with E-state index in [1.54, 1.807) is 10.5 Å². The summed E-state index contributed by atoms with van der Waals surface area (Å²) < 4.78 is 15.3. The summed E-state index contributed by atoms with van der Waals surface area (Å²) in [6.07, 6.45) is 3.79. The summed E-state index contributed by atoms with van der Waals surface area (Å²) in [4.78, 5) is 0. The molecule has 0 aliphatic rings. The van der Waals surface area contributed by atoms with Crippen LogP contribution in [0.3, 0.4) is 0 Å². The third-order valence-electron chi connectivity index (χ3n) is 2.58. The molecule has 0 unspecified atom stereocenters. The molecule has 3 rings (SSSR count). The second-order valence-corrected chi connectivity index (χ2v) is 3.55. The average molecular weight is 198 g/mol. The lowest BCUT2D eigenvalue weighted by Gasteiger charge is -1.96. The van der Waals surface area contributed by atoms with Gasteiger partial charge in [-0.05, 0) is 17.5 Å². The summed E-state index contributed by atoms with van der Waals surface area (Å²) in [6, 6.07) is 13.0. The monoisotopic (exact) mass is 198 g/mol. The van der Waals surface area contributed by atoms with Crippen molar-refractivity contribution < 1.29 is 8.79 Å². The van der Waals surface area contributed by atoms with Gasteiger partial charge in [0.15, 0.2) is 18.2 Å². The Morgan fingerprint density at radius 2 is 1.73 bits per heavy atom. The maximum atomic E-state index is 13.5. The van der Waals surface area contributed by atoms with Gasteiger partial charge in [-0.2, -0.15) is 8.79 Å². The van der Waals surface area contributed by atoms with E-state index in [-0.39, 0.29) is 5.82 Å². The van der Waals surface area contributed by atoms with Gasteiger partial charge in [-0.25, -0.2) is 0 Å². The van der Waals surface area contributed by atoms with Crippen molar-refractivity contribution in [1.82, 2.24) is 0 Å². The van der Waals surface area contributed by atoms with E-state index in [2.05, 4.69) is 0 Å². The normalized spacial score (nSPS) is 11.0. The highest BCUT2D eigenvalue weighted by atomic mass is 19.1. The van der Waals surface area contributed by atoms with Crippen LogP contribution in [0.5, 0.6) is 0 Å². The molecule has 0 saturated heterocycles. The summed E-state index contributed by atoms with van der Waals surface area (Å²) in [5, 5.41) is 2.17. The van der Waals surface area contributed by atoms with Crippen molar-refractivity contribution in [1.29, 1.82) is 0 Å². The molecule has 1 nitrogen and oxygen atoms in total. The van der Waals surface area contributed by atoms with Crippen LogP contribution in [0.15, 0.2) is 54.9 Å². The number of benzene rings is 1. The zero-order valence-corrected chi connectivity index (χ0v) is 8.02. The van der Waals surface area contributed by atoms with Gasteiger partial charge in [0, 0.05) is 17.5 Å². The van der Waals surface area contributed by atoms with Gasteiger partial charge in [0.25, 0.3) is 0 Å². The van der Waals surface area contributed by atoms with Gasteiger partial charge < -0.3 is 0 Å². The first-order valence-electron chi connectivity index (χ1n) is 4.83. The number of halogens is 1. The second-order valence-electron chi connectivity index (χ2n) is 3.55. The highest BCUT2D eigenvalue weighted by Gasteiger charge is 2.08. The first kappa shape index (κ1) is 8.36. The molecular formula is C13H9FN+. The van der Waals surface area contributed by atoms with E-state index in [1.165, 1.54) is 6.07 Å². The van der Waals surface area contributed by atoms with Crippen molar-refractivity contribution in [3.05, 3.63) is 60.7 Å². The quantitative estimate of drug-likeness (QED) is 0.386. The van der Waals surface area contributed by atoms with Crippen molar-refractivity contribution in [3.8, 4) is 0 Å². The Bertz CT molecular complexity index is 646. The molecule has 2 heteroatoms. The standard InChI is InChI=1S/C13H9FN/c14-12-6-3-7-15-9-11-5-2-1-4-10(11)8-13(12)15/h1-9H/q+1. The highest BCUT2D eigenvalue weighted by molar-refractivity contribution is 5.83. The van der Waals surface area contributed by atoms with Crippen LogP contribution < -0.4 is 4.40 Å². The molecule has 0 saturated carbocycles. The molecule has 0 atom stereocenters. The molecule has 3 aromatic rings. The topological polar surface area (TPSA) is 4.10 Å². The first-order chi connectivity index (χ1) is 7.34. The molecule has 0 amide bonds. The van der Waals surface area contributed by atoms with E-state index in [0.29, 0.717) is 5.52 Å². The fourth-order valence-electron chi connectivity index (χ4n) is 1.82. The van der Waals surface area contributed by atoms with Crippen molar-refractivity contribution in [3.63, 3.8) is 0 Å². The number of nitrogens with zero attached hydrogens (tertiary/aromatic N) is 1. The predicted octanol–water partition coefficient (Wildman–Crippen LogP) is 2.72. The maximum Gasteiger partial charge on any atom is 0.247 e. The van der Waals surface area contributed by atoms with Crippen LogP contribution in [-0.4, -0.2) is 0 Å². The van der Waals surface area contributed by atoms with E-state index in [4.69, 9.17) is 0 Å². The Morgan fingerprint density at radius 3 is 2.60 bits per heavy atom. The highest BCUT2D eigenvalue weighted by Crippen LogP contribution is 2.14. The molecule has 0 fully saturated rings. The summed E-state index contributed by atoms with van der Waals surface area (Å²) in [5.74, 6) is -0.191. The van der Waals surface area contributed by atoms with Crippen LogP contribution in [0, 0.1) is 5.82 Å². The molecule has 0 spiro atoms. The summed E-state index contributed by atoms with van der Waals surface area (Å²) in [6.45, 7) is 0. The van der Waals surface area contributed by atoms with Crippen LogP contribution in [0.2, 0.25) is 0 Å². The number of pyridine rings is 2. The SMILES string of the molecule is Fc1ccc[n+]2cc3ccccc3cc12. The Balaban J connectivity index is 2.53. The Hall–Kier alpha value is -1.96. The third kappa shape index (κ3) is 1.26. The number of fused-ring (bicyclic) bond motifs is 2. The van der Waals surface area contributed by atoms with Gasteiger partial charge >= 0.3 is 0 Å². The number of rotatable bonds is 0.